The van der Waals surface area contributed by atoms with Crippen LogP contribution in [-0.2, 0) is 17.6 Å². The predicted molar refractivity (Wildman–Crippen MR) is 73.2 cm³/mol. The Morgan fingerprint density at radius 3 is 3.00 bits per heavy atom. The summed E-state index contributed by atoms with van der Waals surface area (Å²) in [5.41, 5.74) is 3.93. The van der Waals surface area contributed by atoms with Gasteiger partial charge in [0.2, 0.25) is 0 Å². The van der Waals surface area contributed by atoms with E-state index >= 15 is 0 Å². The lowest BCUT2D eigenvalue weighted by molar-refractivity contribution is -0.142. The average Bonchev–Trinajstić information content (AvgIpc) is 2.46. The molecule has 0 fully saturated rings. The van der Waals surface area contributed by atoms with Gasteiger partial charge in [0.15, 0.2) is 5.82 Å². The van der Waals surface area contributed by atoms with E-state index in [1.807, 2.05) is 13.0 Å². The van der Waals surface area contributed by atoms with E-state index in [2.05, 4.69) is 15.0 Å². The molecule has 1 aliphatic rings. The molecule has 1 N–H and O–H groups in total. The first kappa shape index (κ1) is 12.7. The molecule has 1 unspecified atom stereocenters. The summed E-state index contributed by atoms with van der Waals surface area (Å²) >= 11 is 0. The first-order valence-corrected chi connectivity index (χ1v) is 6.63. The predicted octanol–water partition coefficient (Wildman–Crippen LogP) is 2.04. The van der Waals surface area contributed by atoms with Crippen LogP contribution in [0.2, 0.25) is 0 Å². The van der Waals surface area contributed by atoms with E-state index in [9.17, 15) is 4.79 Å². The van der Waals surface area contributed by atoms with Gasteiger partial charge in [-0.2, -0.15) is 0 Å². The highest BCUT2D eigenvalue weighted by Crippen LogP contribution is 2.26. The van der Waals surface area contributed by atoms with Gasteiger partial charge in [-0.05, 0) is 43.4 Å². The number of hydrogen-bond donors (Lipinski definition) is 1. The lowest BCUT2D eigenvalue weighted by atomic mass is 9.87. The Hall–Kier alpha value is -2.30. The van der Waals surface area contributed by atoms with Crippen molar-refractivity contribution in [3.05, 3.63) is 41.5 Å². The molecule has 0 saturated heterocycles. The first-order valence-electron chi connectivity index (χ1n) is 6.63. The molecule has 20 heavy (non-hydrogen) atoms. The zero-order valence-electron chi connectivity index (χ0n) is 11.2. The second kappa shape index (κ2) is 5.00. The van der Waals surface area contributed by atoms with Crippen molar-refractivity contribution in [1.82, 2.24) is 15.0 Å². The van der Waals surface area contributed by atoms with Crippen LogP contribution < -0.4 is 0 Å². The Morgan fingerprint density at radius 1 is 1.40 bits per heavy atom. The van der Waals surface area contributed by atoms with Gasteiger partial charge in [0.05, 0.1) is 5.92 Å². The summed E-state index contributed by atoms with van der Waals surface area (Å²) in [6, 6.07) is 1.93. The number of carboxylic acids is 1. The lowest BCUT2D eigenvalue weighted by Crippen LogP contribution is -2.23. The molecule has 0 aromatic carbocycles. The SMILES string of the molecule is Cc1ccncc1-c1ncc2c(n1)CCC(C(=O)O)C2. The fourth-order valence-corrected chi connectivity index (χ4v) is 2.55. The number of pyridine rings is 1. The number of carboxylic acid groups (broad SMARTS) is 1. The second-order valence-electron chi connectivity index (χ2n) is 5.13. The van der Waals surface area contributed by atoms with Crippen molar-refractivity contribution < 1.29 is 9.90 Å². The van der Waals surface area contributed by atoms with Crippen LogP contribution >= 0.6 is 0 Å². The highest BCUT2D eigenvalue weighted by Gasteiger charge is 2.25. The number of rotatable bonds is 2. The molecule has 1 atom stereocenters. The largest absolute Gasteiger partial charge is 0.481 e. The number of fused-ring (bicyclic) bond motifs is 1. The maximum Gasteiger partial charge on any atom is 0.306 e. The standard InChI is InChI=1S/C15H15N3O2/c1-9-4-5-16-8-12(9)14-17-7-11-6-10(15(19)20)2-3-13(11)18-14/h4-5,7-8,10H,2-3,6H2,1H3,(H,19,20). The van der Waals surface area contributed by atoms with E-state index in [4.69, 9.17) is 5.11 Å². The lowest BCUT2D eigenvalue weighted by Gasteiger charge is -2.20. The Bertz CT molecular complexity index is 670. The van der Waals surface area contributed by atoms with E-state index in [1.54, 1.807) is 18.6 Å². The maximum absolute atomic E-state index is 11.0. The minimum atomic E-state index is -0.733. The highest BCUT2D eigenvalue weighted by atomic mass is 16.4. The third kappa shape index (κ3) is 2.27. The fraction of sp³-hybridized carbons (Fsp3) is 0.333. The van der Waals surface area contributed by atoms with Crippen LogP contribution in [0.5, 0.6) is 0 Å². The molecule has 1 aliphatic carbocycles. The summed E-state index contributed by atoms with van der Waals surface area (Å²) < 4.78 is 0. The average molecular weight is 269 g/mol. The molecule has 0 amide bonds. The molecule has 5 nitrogen and oxygen atoms in total. The minimum absolute atomic E-state index is 0.308. The normalized spacial score (nSPS) is 17.6. The van der Waals surface area contributed by atoms with Gasteiger partial charge in [-0.3, -0.25) is 9.78 Å². The van der Waals surface area contributed by atoms with Crippen LogP contribution in [0.25, 0.3) is 11.4 Å². The number of aromatic nitrogens is 3. The number of aryl methyl sites for hydroxylation is 2. The van der Waals surface area contributed by atoms with Gasteiger partial charge < -0.3 is 5.11 Å². The van der Waals surface area contributed by atoms with Crippen LogP contribution in [0.15, 0.2) is 24.7 Å². The molecule has 0 aliphatic heterocycles. The maximum atomic E-state index is 11.0. The molecule has 5 heteroatoms. The Kier molecular flexibility index (Phi) is 3.18. The summed E-state index contributed by atoms with van der Waals surface area (Å²) in [7, 11) is 0. The quantitative estimate of drug-likeness (QED) is 0.902. The molecule has 102 valence electrons. The Labute approximate surface area is 116 Å². The summed E-state index contributed by atoms with van der Waals surface area (Å²) in [4.78, 5) is 24.1. The molecule has 2 aromatic rings. The minimum Gasteiger partial charge on any atom is -0.481 e. The fourth-order valence-electron chi connectivity index (χ4n) is 2.55. The number of hydrogen-bond acceptors (Lipinski definition) is 4. The van der Waals surface area contributed by atoms with Crippen LogP contribution in [0.4, 0.5) is 0 Å². The van der Waals surface area contributed by atoms with Gasteiger partial charge >= 0.3 is 5.97 Å². The van der Waals surface area contributed by atoms with E-state index in [0.29, 0.717) is 25.1 Å². The van der Waals surface area contributed by atoms with Crippen molar-refractivity contribution in [2.45, 2.75) is 26.2 Å². The molecular weight excluding hydrogens is 254 g/mol. The highest BCUT2D eigenvalue weighted by molar-refractivity contribution is 5.71. The van der Waals surface area contributed by atoms with Gasteiger partial charge in [0.1, 0.15) is 0 Å². The van der Waals surface area contributed by atoms with Crippen molar-refractivity contribution in [3.63, 3.8) is 0 Å². The Balaban J connectivity index is 1.96. The van der Waals surface area contributed by atoms with Crippen molar-refractivity contribution in [1.29, 1.82) is 0 Å². The molecule has 2 heterocycles. The summed E-state index contributed by atoms with van der Waals surface area (Å²) in [5.74, 6) is -0.372. The van der Waals surface area contributed by atoms with Gasteiger partial charge in [-0.1, -0.05) is 0 Å². The molecule has 0 spiro atoms. The third-order valence-electron chi connectivity index (χ3n) is 3.78. The number of aliphatic carboxylic acids is 1. The van der Waals surface area contributed by atoms with Crippen LogP contribution in [0, 0.1) is 12.8 Å². The van der Waals surface area contributed by atoms with E-state index in [-0.39, 0.29) is 5.92 Å². The van der Waals surface area contributed by atoms with Crippen LogP contribution in [0.3, 0.4) is 0 Å². The van der Waals surface area contributed by atoms with Gasteiger partial charge in [-0.15, -0.1) is 0 Å². The van der Waals surface area contributed by atoms with Gasteiger partial charge in [0, 0.05) is 29.8 Å². The summed E-state index contributed by atoms with van der Waals surface area (Å²) in [5, 5.41) is 9.08. The Morgan fingerprint density at radius 2 is 2.25 bits per heavy atom. The van der Waals surface area contributed by atoms with Crippen LogP contribution in [-0.4, -0.2) is 26.0 Å². The number of carbonyl (C=O) groups is 1. The molecule has 0 saturated carbocycles. The number of nitrogens with zero attached hydrogens (tertiary/aromatic N) is 3. The van der Waals surface area contributed by atoms with E-state index < -0.39 is 5.97 Å². The molecule has 0 bridgehead atoms. The molecule has 2 aromatic heterocycles. The summed E-state index contributed by atoms with van der Waals surface area (Å²) in [6.07, 6.45) is 7.14. The van der Waals surface area contributed by atoms with Crippen molar-refractivity contribution >= 4 is 5.97 Å². The zero-order valence-corrected chi connectivity index (χ0v) is 11.2. The van der Waals surface area contributed by atoms with Crippen molar-refractivity contribution in [2.24, 2.45) is 5.92 Å². The van der Waals surface area contributed by atoms with E-state index in [0.717, 1.165) is 22.4 Å². The van der Waals surface area contributed by atoms with Crippen molar-refractivity contribution in [2.75, 3.05) is 0 Å². The molecule has 3 rings (SSSR count). The zero-order chi connectivity index (χ0) is 14.1. The smallest absolute Gasteiger partial charge is 0.306 e. The molecular formula is C15H15N3O2. The second-order valence-corrected chi connectivity index (χ2v) is 5.13. The van der Waals surface area contributed by atoms with Gasteiger partial charge in [-0.25, -0.2) is 9.97 Å². The molecule has 0 radical (unpaired) electrons. The topological polar surface area (TPSA) is 76.0 Å². The van der Waals surface area contributed by atoms with Crippen LogP contribution in [0.1, 0.15) is 23.2 Å². The van der Waals surface area contributed by atoms with Crippen molar-refractivity contribution in [3.8, 4) is 11.4 Å². The first-order chi connectivity index (χ1) is 9.65. The monoisotopic (exact) mass is 269 g/mol. The third-order valence-corrected chi connectivity index (χ3v) is 3.78. The van der Waals surface area contributed by atoms with E-state index in [1.165, 1.54) is 0 Å². The van der Waals surface area contributed by atoms with Gasteiger partial charge in [0.25, 0.3) is 0 Å². The summed E-state index contributed by atoms with van der Waals surface area (Å²) in [6.45, 7) is 2.00.